The molecule has 0 spiro atoms. The smallest absolute Gasteiger partial charge is 0.221 e. The van der Waals surface area contributed by atoms with Crippen molar-refractivity contribution >= 4 is 28.3 Å². The molecule has 0 saturated carbocycles. The first-order valence-corrected chi connectivity index (χ1v) is 4.86. The van der Waals surface area contributed by atoms with Crippen LogP contribution in [-0.4, -0.2) is 15.9 Å². The molecule has 2 aromatic rings. The van der Waals surface area contributed by atoms with Crippen molar-refractivity contribution in [2.24, 2.45) is 0 Å². The summed E-state index contributed by atoms with van der Waals surface area (Å²) in [5.74, 6) is 0.340. The van der Waals surface area contributed by atoms with Crippen molar-refractivity contribution in [1.82, 2.24) is 9.97 Å². The maximum atomic E-state index is 11.0. The number of fused-ring (bicyclic) bond motifs is 1. The van der Waals surface area contributed by atoms with Gasteiger partial charge in [-0.2, -0.15) is 0 Å². The minimum atomic E-state index is -0.107. The summed E-state index contributed by atoms with van der Waals surface area (Å²) in [7, 11) is 0. The lowest BCUT2D eigenvalue weighted by atomic mass is 10.1. The molecule has 0 saturated heterocycles. The Hall–Kier alpha value is -2.17. The van der Waals surface area contributed by atoms with Gasteiger partial charge in [-0.3, -0.25) is 4.79 Å². The van der Waals surface area contributed by atoms with Crippen molar-refractivity contribution in [1.29, 1.82) is 0 Å². The molecule has 16 heavy (non-hydrogen) atoms. The Kier molecular flexibility index (Phi) is 2.44. The fourth-order valence-electron chi connectivity index (χ4n) is 1.56. The van der Waals surface area contributed by atoms with E-state index >= 15 is 0 Å². The number of aromatic nitrogens is 2. The topological polar surface area (TPSA) is 80.9 Å². The quantitative estimate of drug-likeness (QED) is 0.756. The van der Waals surface area contributed by atoms with E-state index < -0.39 is 0 Å². The average molecular weight is 216 g/mol. The molecule has 0 radical (unpaired) electrons. The maximum absolute atomic E-state index is 11.0. The van der Waals surface area contributed by atoms with E-state index in [1.165, 1.54) is 13.3 Å². The minimum Gasteiger partial charge on any atom is -0.383 e. The zero-order valence-corrected chi connectivity index (χ0v) is 9.11. The summed E-state index contributed by atoms with van der Waals surface area (Å²) in [5.41, 5.74) is 8.14. The zero-order valence-electron chi connectivity index (χ0n) is 9.11. The van der Waals surface area contributed by atoms with E-state index in [0.29, 0.717) is 5.82 Å². The van der Waals surface area contributed by atoms with Crippen LogP contribution in [0.1, 0.15) is 12.5 Å². The minimum absolute atomic E-state index is 0.107. The van der Waals surface area contributed by atoms with Gasteiger partial charge in [0.15, 0.2) is 0 Å². The summed E-state index contributed by atoms with van der Waals surface area (Å²) in [4.78, 5) is 19.0. The highest BCUT2D eigenvalue weighted by atomic mass is 16.1. The van der Waals surface area contributed by atoms with Crippen LogP contribution in [0.3, 0.4) is 0 Å². The monoisotopic (exact) mass is 216 g/mol. The molecule has 0 aliphatic carbocycles. The summed E-state index contributed by atoms with van der Waals surface area (Å²) in [6, 6.07) is 3.67. The number of aryl methyl sites for hydroxylation is 1. The van der Waals surface area contributed by atoms with Crippen molar-refractivity contribution in [3.8, 4) is 0 Å². The summed E-state index contributed by atoms with van der Waals surface area (Å²) in [6.45, 7) is 3.37. The highest BCUT2D eigenvalue weighted by Gasteiger charge is 2.06. The van der Waals surface area contributed by atoms with Gasteiger partial charge in [0.05, 0.1) is 5.52 Å². The summed E-state index contributed by atoms with van der Waals surface area (Å²) < 4.78 is 0. The molecule has 0 atom stereocenters. The number of amides is 1. The molecule has 0 bridgehead atoms. The van der Waals surface area contributed by atoms with Gasteiger partial charge in [0.25, 0.3) is 0 Å². The van der Waals surface area contributed by atoms with Gasteiger partial charge < -0.3 is 11.1 Å². The molecular weight excluding hydrogens is 204 g/mol. The molecule has 0 unspecified atom stereocenters. The van der Waals surface area contributed by atoms with Crippen LogP contribution in [0.4, 0.5) is 11.5 Å². The fraction of sp³-hybridized carbons (Fsp3) is 0.182. The highest BCUT2D eigenvalue weighted by Crippen LogP contribution is 2.24. The van der Waals surface area contributed by atoms with Gasteiger partial charge in [0.2, 0.25) is 5.91 Å². The predicted molar refractivity (Wildman–Crippen MR) is 63.0 cm³/mol. The van der Waals surface area contributed by atoms with Gasteiger partial charge in [0, 0.05) is 18.0 Å². The zero-order chi connectivity index (χ0) is 11.7. The van der Waals surface area contributed by atoms with Gasteiger partial charge in [0.1, 0.15) is 12.1 Å². The van der Waals surface area contributed by atoms with Crippen LogP contribution in [0.15, 0.2) is 18.5 Å². The number of rotatable bonds is 1. The second kappa shape index (κ2) is 3.77. The SMILES string of the molecule is CC(=O)Nc1cc2ncnc(N)c2cc1C. The average Bonchev–Trinajstić information content (AvgIpc) is 2.20. The maximum Gasteiger partial charge on any atom is 0.221 e. The number of benzene rings is 1. The summed E-state index contributed by atoms with van der Waals surface area (Å²) in [6.07, 6.45) is 1.41. The van der Waals surface area contributed by atoms with Crippen LogP contribution >= 0.6 is 0 Å². The summed E-state index contributed by atoms with van der Waals surface area (Å²) >= 11 is 0. The van der Waals surface area contributed by atoms with Crippen LogP contribution in [-0.2, 0) is 4.79 Å². The Bertz CT molecular complexity index is 565. The van der Waals surface area contributed by atoms with Crippen LogP contribution in [0.2, 0.25) is 0 Å². The van der Waals surface area contributed by atoms with Crippen molar-refractivity contribution in [3.63, 3.8) is 0 Å². The van der Waals surface area contributed by atoms with Crippen molar-refractivity contribution in [2.45, 2.75) is 13.8 Å². The Balaban J connectivity index is 2.63. The second-order valence-electron chi connectivity index (χ2n) is 3.62. The van der Waals surface area contributed by atoms with Gasteiger partial charge >= 0.3 is 0 Å². The number of hydrogen-bond acceptors (Lipinski definition) is 4. The first-order valence-electron chi connectivity index (χ1n) is 4.86. The first-order chi connectivity index (χ1) is 7.58. The molecule has 3 N–H and O–H groups in total. The molecule has 1 aromatic heterocycles. The standard InChI is InChI=1S/C11H12N4O/c1-6-3-8-10(13-5-14-11(8)12)4-9(6)15-7(2)16/h3-5H,1-2H3,(H,15,16)(H2,12,13,14). The fourth-order valence-corrected chi connectivity index (χ4v) is 1.56. The van der Waals surface area contributed by atoms with Gasteiger partial charge in [-0.05, 0) is 24.6 Å². The largest absolute Gasteiger partial charge is 0.383 e. The molecule has 2 rings (SSSR count). The first kappa shape index (κ1) is 10.4. The van der Waals surface area contributed by atoms with E-state index in [2.05, 4.69) is 15.3 Å². The molecule has 5 heteroatoms. The molecule has 0 aliphatic heterocycles. The number of anilines is 2. The van der Waals surface area contributed by atoms with Crippen LogP contribution in [0, 0.1) is 6.92 Å². The number of carbonyl (C=O) groups excluding carboxylic acids is 1. The van der Waals surface area contributed by atoms with Gasteiger partial charge in [-0.1, -0.05) is 0 Å². The Morgan fingerprint density at radius 3 is 2.81 bits per heavy atom. The second-order valence-corrected chi connectivity index (χ2v) is 3.62. The molecule has 1 heterocycles. The van der Waals surface area contributed by atoms with E-state index in [9.17, 15) is 4.79 Å². The lowest BCUT2D eigenvalue weighted by molar-refractivity contribution is -0.114. The third-order valence-electron chi connectivity index (χ3n) is 2.32. The van der Waals surface area contributed by atoms with E-state index in [4.69, 9.17) is 5.73 Å². The van der Waals surface area contributed by atoms with Crippen molar-refractivity contribution in [2.75, 3.05) is 11.1 Å². The molecular formula is C11H12N4O. The third kappa shape index (κ3) is 1.79. The van der Waals surface area contributed by atoms with Crippen LogP contribution in [0.5, 0.6) is 0 Å². The Morgan fingerprint density at radius 2 is 2.12 bits per heavy atom. The number of hydrogen-bond donors (Lipinski definition) is 2. The molecule has 1 aromatic carbocycles. The van der Waals surface area contributed by atoms with Gasteiger partial charge in [-0.15, -0.1) is 0 Å². The van der Waals surface area contributed by atoms with E-state index in [-0.39, 0.29) is 5.91 Å². The third-order valence-corrected chi connectivity index (χ3v) is 2.32. The number of nitrogens with one attached hydrogen (secondary N) is 1. The predicted octanol–water partition coefficient (Wildman–Crippen LogP) is 1.48. The molecule has 5 nitrogen and oxygen atoms in total. The Morgan fingerprint density at radius 1 is 1.38 bits per heavy atom. The number of nitrogens with zero attached hydrogens (tertiary/aromatic N) is 2. The van der Waals surface area contributed by atoms with Crippen LogP contribution < -0.4 is 11.1 Å². The Labute approximate surface area is 92.7 Å². The highest BCUT2D eigenvalue weighted by molar-refractivity contribution is 5.96. The van der Waals surface area contributed by atoms with E-state index in [1.807, 2.05) is 13.0 Å². The lowest BCUT2D eigenvalue weighted by Gasteiger charge is -2.08. The van der Waals surface area contributed by atoms with E-state index in [0.717, 1.165) is 22.2 Å². The lowest BCUT2D eigenvalue weighted by Crippen LogP contribution is -2.07. The molecule has 0 fully saturated rings. The number of nitrogens with two attached hydrogens (primary N) is 1. The van der Waals surface area contributed by atoms with E-state index in [1.54, 1.807) is 6.07 Å². The number of nitrogen functional groups attached to an aromatic ring is 1. The van der Waals surface area contributed by atoms with Crippen molar-refractivity contribution in [3.05, 3.63) is 24.0 Å². The van der Waals surface area contributed by atoms with Crippen molar-refractivity contribution < 1.29 is 4.79 Å². The summed E-state index contributed by atoms with van der Waals surface area (Å²) in [5, 5.41) is 3.54. The molecule has 82 valence electrons. The van der Waals surface area contributed by atoms with Gasteiger partial charge in [-0.25, -0.2) is 9.97 Å². The van der Waals surface area contributed by atoms with Crippen LogP contribution in [0.25, 0.3) is 10.9 Å². The molecule has 1 amide bonds. The number of carbonyl (C=O) groups is 1. The molecule has 0 aliphatic rings. The normalized spacial score (nSPS) is 10.4.